The third-order valence-corrected chi connectivity index (χ3v) is 4.79. The first-order valence-electron chi connectivity index (χ1n) is 8.78. The van der Waals surface area contributed by atoms with E-state index < -0.39 is 6.04 Å². The molecule has 0 saturated heterocycles. The van der Waals surface area contributed by atoms with Gasteiger partial charge in [-0.1, -0.05) is 41.9 Å². The van der Waals surface area contributed by atoms with Gasteiger partial charge in [-0.05, 0) is 29.8 Å². The highest BCUT2D eigenvalue weighted by Crippen LogP contribution is 2.29. The van der Waals surface area contributed by atoms with E-state index >= 15 is 0 Å². The fraction of sp³-hybridized carbons (Fsp3) is 0.0909. The van der Waals surface area contributed by atoms with Gasteiger partial charge in [0.2, 0.25) is 5.88 Å². The van der Waals surface area contributed by atoms with Crippen LogP contribution >= 0.6 is 11.6 Å². The Morgan fingerprint density at radius 2 is 1.96 bits per heavy atom. The Morgan fingerprint density at radius 1 is 1.14 bits per heavy atom. The minimum absolute atomic E-state index is 0.0597. The van der Waals surface area contributed by atoms with Crippen LogP contribution in [0.1, 0.15) is 22.0 Å². The predicted octanol–water partition coefficient (Wildman–Crippen LogP) is 5.26. The minimum Gasteiger partial charge on any atom is -0.481 e. The molecule has 0 fully saturated rings. The molecule has 4 aromatic rings. The standard InChI is InChI=1S/C22H18ClN3O2/c1-28-20-12-16(9-10-24-20)26-21(14-5-3-2-4-6-14)22(27)18-13-25-19-8-7-15(23)11-17(18)19/h2-13,21,25H,1H3,(H,24,26). The van der Waals surface area contributed by atoms with Gasteiger partial charge in [0.15, 0.2) is 5.78 Å². The number of Topliss-reactive ketones (excluding diaryl/α,β-unsaturated/α-hetero) is 1. The van der Waals surface area contributed by atoms with E-state index in [4.69, 9.17) is 16.3 Å². The van der Waals surface area contributed by atoms with E-state index in [-0.39, 0.29) is 5.78 Å². The van der Waals surface area contributed by atoms with Crippen LogP contribution in [0.25, 0.3) is 10.9 Å². The SMILES string of the molecule is COc1cc(NC(C(=O)c2c[nH]c3ccc(Cl)cc23)c2ccccc2)ccn1. The number of H-pyrrole nitrogens is 1. The molecule has 2 N–H and O–H groups in total. The highest BCUT2D eigenvalue weighted by Gasteiger charge is 2.24. The number of aromatic nitrogens is 2. The number of rotatable bonds is 6. The molecule has 0 aliphatic rings. The molecule has 28 heavy (non-hydrogen) atoms. The molecule has 6 heteroatoms. The summed E-state index contributed by atoms with van der Waals surface area (Å²) in [5.41, 5.74) is 3.05. The lowest BCUT2D eigenvalue weighted by Crippen LogP contribution is -2.21. The van der Waals surface area contributed by atoms with Crippen molar-refractivity contribution < 1.29 is 9.53 Å². The van der Waals surface area contributed by atoms with Gasteiger partial charge in [-0.2, -0.15) is 0 Å². The zero-order valence-corrected chi connectivity index (χ0v) is 15.9. The molecule has 0 amide bonds. The number of carbonyl (C=O) groups excluding carboxylic acids is 1. The summed E-state index contributed by atoms with van der Waals surface area (Å²) in [4.78, 5) is 20.8. The largest absolute Gasteiger partial charge is 0.481 e. The van der Waals surface area contributed by atoms with E-state index in [9.17, 15) is 4.79 Å². The van der Waals surface area contributed by atoms with Crippen molar-refractivity contribution in [2.75, 3.05) is 12.4 Å². The number of anilines is 1. The van der Waals surface area contributed by atoms with Crippen molar-refractivity contribution in [1.29, 1.82) is 0 Å². The first kappa shape index (κ1) is 18.1. The zero-order chi connectivity index (χ0) is 19.5. The van der Waals surface area contributed by atoms with Gasteiger partial charge < -0.3 is 15.0 Å². The molecule has 5 nitrogen and oxygen atoms in total. The Kier molecular flexibility index (Phi) is 5.00. The molecule has 2 aromatic heterocycles. The van der Waals surface area contributed by atoms with Crippen molar-refractivity contribution in [3.8, 4) is 5.88 Å². The maximum atomic E-state index is 13.5. The number of hydrogen-bond donors (Lipinski definition) is 2. The lowest BCUT2D eigenvalue weighted by molar-refractivity contribution is 0.0971. The van der Waals surface area contributed by atoms with Gasteiger partial charge in [-0.15, -0.1) is 0 Å². The normalized spacial score (nSPS) is 11.9. The molecular weight excluding hydrogens is 374 g/mol. The van der Waals surface area contributed by atoms with Gasteiger partial charge in [0.05, 0.1) is 7.11 Å². The molecule has 4 rings (SSSR count). The highest BCUT2D eigenvalue weighted by atomic mass is 35.5. The van der Waals surface area contributed by atoms with Gasteiger partial charge in [-0.3, -0.25) is 4.79 Å². The summed E-state index contributed by atoms with van der Waals surface area (Å²) in [6.45, 7) is 0. The molecule has 2 aromatic carbocycles. The van der Waals surface area contributed by atoms with Crippen LogP contribution < -0.4 is 10.1 Å². The number of ether oxygens (including phenoxy) is 1. The molecule has 0 bridgehead atoms. The van der Waals surface area contributed by atoms with Gasteiger partial charge in [0, 0.05) is 45.6 Å². The minimum atomic E-state index is -0.578. The van der Waals surface area contributed by atoms with Gasteiger partial charge >= 0.3 is 0 Å². The van der Waals surface area contributed by atoms with Crippen molar-refractivity contribution in [3.05, 3.63) is 89.2 Å². The van der Waals surface area contributed by atoms with E-state index in [0.29, 0.717) is 16.5 Å². The van der Waals surface area contributed by atoms with Gasteiger partial charge in [-0.25, -0.2) is 4.98 Å². The number of aromatic amines is 1. The summed E-state index contributed by atoms with van der Waals surface area (Å²) in [6, 6.07) is 18.1. The molecule has 0 aliphatic heterocycles. The topological polar surface area (TPSA) is 67.0 Å². The number of benzene rings is 2. The quantitative estimate of drug-likeness (QED) is 0.440. The lowest BCUT2D eigenvalue weighted by Gasteiger charge is -2.19. The maximum absolute atomic E-state index is 13.5. The third kappa shape index (κ3) is 3.57. The summed E-state index contributed by atoms with van der Waals surface area (Å²) in [5, 5.41) is 4.71. The van der Waals surface area contributed by atoms with E-state index in [1.54, 1.807) is 43.8 Å². The summed E-state index contributed by atoms with van der Waals surface area (Å²) < 4.78 is 5.19. The average molecular weight is 392 g/mol. The molecule has 0 spiro atoms. The number of carbonyl (C=O) groups is 1. The van der Waals surface area contributed by atoms with Crippen LogP contribution in [0.3, 0.4) is 0 Å². The Hall–Kier alpha value is -3.31. The van der Waals surface area contributed by atoms with Crippen LogP contribution in [0, 0.1) is 0 Å². The summed E-state index contributed by atoms with van der Waals surface area (Å²) in [7, 11) is 1.56. The molecule has 1 atom stereocenters. The van der Waals surface area contributed by atoms with Crippen LogP contribution in [0.2, 0.25) is 5.02 Å². The van der Waals surface area contributed by atoms with E-state index in [1.807, 2.05) is 36.4 Å². The van der Waals surface area contributed by atoms with Crippen molar-refractivity contribution in [1.82, 2.24) is 9.97 Å². The van der Waals surface area contributed by atoms with Crippen molar-refractivity contribution in [2.45, 2.75) is 6.04 Å². The van der Waals surface area contributed by atoms with E-state index in [1.165, 1.54) is 0 Å². The zero-order valence-electron chi connectivity index (χ0n) is 15.1. The molecule has 2 heterocycles. The van der Waals surface area contributed by atoms with Crippen molar-refractivity contribution in [2.24, 2.45) is 0 Å². The molecule has 140 valence electrons. The number of halogens is 1. The predicted molar refractivity (Wildman–Crippen MR) is 111 cm³/mol. The average Bonchev–Trinajstić information content (AvgIpc) is 3.15. The first-order valence-corrected chi connectivity index (χ1v) is 9.16. The Bertz CT molecular complexity index is 1130. The lowest BCUT2D eigenvalue weighted by atomic mass is 9.96. The monoisotopic (exact) mass is 391 g/mol. The second-order valence-corrected chi connectivity index (χ2v) is 6.77. The fourth-order valence-electron chi connectivity index (χ4n) is 3.18. The number of nitrogens with one attached hydrogen (secondary N) is 2. The Morgan fingerprint density at radius 3 is 2.75 bits per heavy atom. The smallest absolute Gasteiger partial charge is 0.214 e. The number of ketones is 1. The van der Waals surface area contributed by atoms with Crippen LogP contribution in [-0.2, 0) is 0 Å². The number of fused-ring (bicyclic) bond motifs is 1. The second-order valence-electron chi connectivity index (χ2n) is 6.33. The Balaban J connectivity index is 1.76. The van der Waals surface area contributed by atoms with E-state index in [0.717, 1.165) is 22.2 Å². The second kappa shape index (κ2) is 7.74. The third-order valence-electron chi connectivity index (χ3n) is 4.56. The Labute approximate surface area is 167 Å². The fourth-order valence-corrected chi connectivity index (χ4v) is 3.35. The van der Waals surface area contributed by atoms with E-state index in [2.05, 4.69) is 15.3 Å². The number of pyridine rings is 1. The van der Waals surface area contributed by atoms with Crippen molar-refractivity contribution in [3.63, 3.8) is 0 Å². The molecule has 0 saturated carbocycles. The molecule has 0 aliphatic carbocycles. The number of methoxy groups -OCH3 is 1. The molecule has 0 radical (unpaired) electrons. The van der Waals surface area contributed by atoms with Crippen LogP contribution in [0.15, 0.2) is 73.1 Å². The summed E-state index contributed by atoms with van der Waals surface area (Å²) >= 11 is 6.15. The maximum Gasteiger partial charge on any atom is 0.214 e. The summed E-state index contributed by atoms with van der Waals surface area (Å²) in [6.07, 6.45) is 3.37. The van der Waals surface area contributed by atoms with Gasteiger partial charge in [0.25, 0.3) is 0 Å². The van der Waals surface area contributed by atoms with Crippen LogP contribution in [0.4, 0.5) is 5.69 Å². The highest BCUT2D eigenvalue weighted by molar-refractivity contribution is 6.31. The summed E-state index contributed by atoms with van der Waals surface area (Å²) in [5.74, 6) is 0.415. The molecule has 1 unspecified atom stereocenters. The number of nitrogens with zero attached hydrogens (tertiary/aromatic N) is 1. The first-order chi connectivity index (χ1) is 13.7. The number of hydrogen-bond acceptors (Lipinski definition) is 4. The van der Waals surface area contributed by atoms with Crippen LogP contribution in [-0.4, -0.2) is 22.9 Å². The van der Waals surface area contributed by atoms with Crippen LogP contribution in [0.5, 0.6) is 5.88 Å². The van der Waals surface area contributed by atoms with Crippen molar-refractivity contribution >= 4 is 34.0 Å². The molecular formula is C22H18ClN3O2. The van der Waals surface area contributed by atoms with Gasteiger partial charge in [0.1, 0.15) is 6.04 Å².